The first-order valence-electron chi connectivity index (χ1n) is 6.30. The Kier molecular flexibility index (Phi) is 3.68. The highest BCUT2D eigenvalue weighted by Gasteiger charge is 2.14. The van der Waals surface area contributed by atoms with Gasteiger partial charge >= 0.3 is 0 Å². The van der Waals surface area contributed by atoms with Gasteiger partial charge < -0.3 is 0 Å². The van der Waals surface area contributed by atoms with Crippen LogP contribution in [0.1, 0.15) is 10.4 Å². The molecule has 3 aromatic rings. The first kappa shape index (κ1) is 13.5. The average Bonchev–Trinajstić information content (AvgIpc) is 2.81. The molecule has 0 fully saturated rings. The molecule has 0 N–H and O–H groups in total. The molecule has 1 aromatic carbocycles. The van der Waals surface area contributed by atoms with E-state index in [9.17, 15) is 0 Å². The van der Waals surface area contributed by atoms with Crippen LogP contribution >= 0.6 is 27.3 Å². The number of hydrogen-bond donors (Lipinski definition) is 0. The van der Waals surface area contributed by atoms with E-state index in [-0.39, 0.29) is 0 Å². The van der Waals surface area contributed by atoms with E-state index in [1.165, 1.54) is 4.88 Å². The van der Waals surface area contributed by atoms with Gasteiger partial charge in [0.25, 0.3) is 0 Å². The van der Waals surface area contributed by atoms with Crippen LogP contribution in [0.15, 0.2) is 47.2 Å². The minimum Gasteiger partial charge on any atom is -0.264 e. The molecular formula is C16H13BrN2S. The summed E-state index contributed by atoms with van der Waals surface area (Å²) in [6.07, 6.45) is 3.70. The maximum absolute atomic E-state index is 4.83. The summed E-state index contributed by atoms with van der Waals surface area (Å²) in [6.45, 7) is 4.18. The summed E-state index contributed by atoms with van der Waals surface area (Å²) in [7, 11) is 0. The fourth-order valence-electron chi connectivity index (χ4n) is 2.13. The van der Waals surface area contributed by atoms with Crippen molar-refractivity contribution in [3.05, 3.63) is 57.6 Å². The van der Waals surface area contributed by atoms with Crippen LogP contribution in [0.25, 0.3) is 21.8 Å². The zero-order valence-electron chi connectivity index (χ0n) is 11.2. The highest BCUT2D eigenvalue weighted by molar-refractivity contribution is 9.10. The second kappa shape index (κ2) is 5.46. The van der Waals surface area contributed by atoms with Crippen LogP contribution in [0, 0.1) is 13.8 Å². The highest BCUT2D eigenvalue weighted by atomic mass is 79.9. The molecular weight excluding hydrogens is 332 g/mol. The first-order valence-corrected chi connectivity index (χ1v) is 7.91. The van der Waals surface area contributed by atoms with Gasteiger partial charge in [0, 0.05) is 32.9 Å². The Morgan fingerprint density at radius 3 is 2.60 bits per heavy atom. The van der Waals surface area contributed by atoms with E-state index in [4.69, 9.17) is 4.98 Å². The van der Waals surface area contributed by atoms with Gasteiger partial charge in [0.15, 0.2) is 0 Å². The Morgan fingerprint density at radius 1 is 1.05 bits per heavy atom. The normalized spacial score (nSPS) is 10.8. The first-order chi connectivity index (χ1) is 9.66. The molecule has 0 unspecified atom stereocenters. The quantitative estimate of drug-likeness (QED) is 0.634. The molecule has 0 amide bonds. The minimum absolute atomic E-state index is 1.05. The highest BCUT2D eigenvalue weighted by Crippen LogP contribution is 2.36. The molecule has 4 heteroatoms. The van der Waals surface area contributed by atoms with E-state index < -0.39 is 0 Å². The number of aryl methyl sites for hydroxylation is 2. The predicted octanol–water partition coefficient (Wildman–Crippen LogP) is 5.25. The summed E-state index contributed by atoms with van der Waals surface area (Å²) in [5.41, 5.74) is 4.50. The molecule has 0 aliphatic heterocycles. The SMILES string of the molecule is Cc1cnccc1-c1nc(-c2ccccc2Br)c(C)s1. The monoisotopic (exact) mass is 344 g/mol. The van der Waals surface area contributed by atoms with Crippen LogP contribution in [0.3, 0.4) is 0 Å². The molecule has 0 radical (unpaired) electrons. The number of rotatable bonds is 2. The van der Waals surface area contributed by atoms with Crippen LogP contribution in [-0.4, -0.2) is 9.97 Å². The van der Waals surface area contributed by atoms with Gasteiger partial charge in [0.2, 0.25) is 0 Å². The lowest BCUT2D eigenvalue weighted by Gasteiger charge is -2.02. The molecule has 20 heavy (non-hydrogen) atoms. The third kappa shape index (κ3) is 2.41. The predicted molar refractivity (Wildman–Crippen MR) is 88.0 cm³/mol. The van der Waals surface area contributed by atoms with E-state index in [1.54, 1.807) is 11.3 Å². The number of aromatic nitrogens is 2. The van der Waals surface area contributed by atoms with Gasteiger partial charge in [-0.05, 0) is 31.5 Å². The molecule has 0 saturated carbocycles. The summed E-state index contributed by atoms with van der Waals surface area (Å²) in [5.74, 6) is 0. The van der Waals surface area contributed by atoms with Crippen molar-refractivity contribution in [1.29, 1.82) is 0 Å². The Morgan fingerprint density at radius 2 is 1.85 bits per heavy atom. The maximum Gasteiger partial charge on any atom is 0.124 e. The molecule has 0 atom stereocenters. The van der Waals surface area contributed by atoms with Crippen LogP contribution in [0.4, 0.5) is 0 Å². The molecule has 0 aliphatic carbocycles. The molecule has 3 rings (SSSR count). The molecule has 0 saturated heterocycles. The van der Waals surface area contributed by atoms with Gasteiger partial charge in [-0.3, -0.25) is 4.98 Å². The van der Waals surface area contributed by atoms with Gasteiger partial charge in [0.1, 0.15) is 5.01 Å². The molecule has 2 nitrogen and oxygen atoms in total. The van der Waals surface area contributed by atoms with Gasteiger partial charge in [-0.25, -0.2) is 4.98 Å². The number of thiazole rings is 1. The maximum atomic E-state index is 4.83. The van der Waals surface area contributed by atoms with Crippen LogP contribution in [-0.2, 0) is 0 Å². The van der Waals surface area contributed by atoms with Crippen molar-refractivity contribution in [2.45, 2.75) is 13.8 Å². The lowest BCUT2D eigenvalue weighted by atomic mass is 10.1. The van der Waals surface area contributed by atoms with Crippen molar-refractivity contribution >= 4 is 27.3 Å². The summed E-state index contributed by atoms with van der Waals surface area (Å²) < 4.78 is 1.08. The van der Waals surface area contributed by atoms with Crippen molar-refractivity contribution in [3.8, 4) is 21.8 Å². The summed E-state index contributed by atoms with van der Waals surface area (Å²) >= 11 is 5.33. The third-order valence-corrected chi connectivity index (χ3v) is 4.87. The van der Waals surface area contributed by atoms with E-state index in [2.05, 4.69) is 40.8 Å². The number of pyridine rings is 1. The fourth-order valence-corrected chi connectivity index (χ4v) is 3.62. The molecule has 0 bridgehead atoms. The molecule has 100 valence electrons. The van der Waals surface area contributed by atoms with E-state index in [0.29, 0.717) is 0 Å². The Bertz CT molecular complexity index is 765. The van der Waals surface area contributed by atoms with E-state index in [0.717, 1.165) is 31.9 Å². The molecule has 0 aliphatic rings. The van der Waals surface area contributed by atoms with Gasteiger partial charge in [-0.2, -0.15) is 0 Å². The molecule has 2 heterocycles. The zero-order valence-corrected chi connectivity index (χ0v) is 13.6. The second-order valence-corrected chi connectivity index (χ2v) is 6.65. The van der Waals surface area contributed by atoms with Crippen LogP contribution < -0.4 is 0 Å². The van der Waals surface area contributed by atoms with E-state index >= 15 is 0 Å². The van der Waals surface area contributed by atoms with Crippen LogP contribution in [0.2, 0.25) is 0 Å². The average molecular weight is 345 g/mol. The largest absolute Gasteiger partial charge is 0.264 e. The van der Waals surface area contributed by atoms with Gasteiger partial charge in [-0.1, -0.05) is 34.1 Å². The Labute approximate surface area is 130 Å². The summed E-state index contributed by atoms with van der Waals surface area (Å²) in [5, 5.41) is 1.05. The number of halogens is 1. The lowest BCUT2D eigenvalue weighted by molar-refractivity contribution is 1.26. The molecule has 2 aromatic heterocycles. The van der Waals surface area contributed by atoms with Crippen molar-refractivity contribution in [3.63, 3.8) is 0 Å². The zero-order chi connectivity index (χ0) is 14.1. The van der Waals surface area contributed by atoms with Crippen molar-refractivity contribution in [2.24, 2.45) is 0 Å². The topological polar surface area (TPSA) is 25.8 Å². The van der Waals surface area contributed by atoms with Crippen molar-refractivity contribution in [2.75, 3.05) is 0 Å². The standard InChI is InChI=1S/C16H13BrN2S/c1-10-9-18-8-7-12(10)16-19-15(11(2)20-16)13-5-3-4-6-14(13)17/h3-9H,1-2H3. The summed E-state index contributed by atoms with van der Waals surface area (Å²) in [4.78, 5) is 10.2. The van der Waals surface area contributed by atoms with Crippen LogP contribution in [0.5, 0.6) is 0 Å². The third-order valence-electron chi connectivity index (χ3n) is 3.18. The van der Waals surface area contributed by atoms with Crippen molar-refractivity contribution < 1.29 is 0 Å². The second-order valence-electron chi connectivity index (χ2n) is 4.59. The number of hydrogen-bond acceptors (Lipinski definition) is 3. The number of nitrogens with zero attached hydrogens (tertiary/aromatic N) is 2. The lowest BCUT2D eigenvalue weighted by Crippen LogP contribution is -1.85. The fraction of sp³-hybridized carbons (Fsp3) is 0.125. The van der Waals surface area contributed by atoms with Gasteiger partial charge in [0.05, 0.1) is 5.69 Å². The van der Waals surface area contributed by atoms with Gasteiger partial charge in [-0.15, -0.1) is 11.3 Å². The van der Waals surface area contributed by atoms with E-state index in [1.807, 2.05) is 36.7 Å². The van der Waals surface area contributed by atoms with Crippen molar-refractivity contribution in [1.82, 2.24) is 9.97 Å². The minimum atomic E-state index is 1.05. The molecule has 0 spiro atoms. The Balaban J connectivity index is 2.13. The Hall–Kier alpha value is -1.52. The summed E-state index contributed by atoms with van der Waals surface area (Å²) in [6, 6.07) is 10.2. The number of benzene rings is 1. The smallest absolute Gasteiger partial charge is 0.124 e.